The first-order valence-electron chi connectivity index (χ1n) is 6.95. The van der Waals surface area contributed by atoms with Crippen LogP contribution in [0.5, 0.6) is 0 Å². The number of fused-ring (bicyclic) bond motifs is 1. The summed E-state index contributed by atoms with van der Waals surface area (Å²) in [5, 5.41) is 3.96. The van der Waals surface area contributed by atoms with Crippen molar-refractivity contribution in [2.75, 3.05) is 6.61 Å². The second kappa shape index (κ2) is 6.22. The molecule has 0 unspecified atom stereocenters. The SMILES string of the molecule is CCOC(=O)N[C@@H]1Cc2ccccc2[C@H]1Sc1ncc[nH]1. The number of aromatic amines is 1. The first-order valence-corrected chi connectivity index (χ1v) is 7.83. The molecule has 0 fully saturated rings. The molecule has 21 heavy (non-hydrogen) atoms. The number of thioether (sulfide) groups is 1. The Balaban J connectivity index is 1.81. The van der Waals surface area contributed by atoms with Crippen molar-refractivity contribution in [2.24, 2.45) is 0 Å². The Morgan fingerprint density at radius 3 is 3.14 bits per heavy atom. The molecular formula is C15H17N3O2S. The predicted molar refractivity (Wildman–Crippen MR) is 81.3 cm³/mol. The maximum Gasteiger partial charge on any atom is 0.407 e. The van der Waals surface area contributed by atoms with E-state index in [-0.39, 0.29) is 17.4 Å². The normalized spacial score (nSPS) is 20.0. The van der Waals surface area contributed by atoms with Crippen LogP contribution in [0.3, 0.4) is 0 Å². The highest BCUT2D eigenvalue weighted by Gasteiger charge is 2.34. The van der Waals surface area contributed by atoms with Crippen molar-refractivity contribution in [3.63, 3.8) is 0 Å². The lowest BCUT2D eigenvalue weighted by molar-refractivity contribution is 0.148. The van der Waals surface area contributed by atoms with Gasteiger partial charge in [-0.2, -0.15) is 0 Å². The average Bonchev–Trinajstić information content (AvgIpc) is 3.09. The van der Waals surface area contributed by atoms with E-state index < -0.39 is 0 Å². The highest BCUT2D eigenvalue weighted by atomic mass is 32.2. The van der Waals surface area contributed by atoms with Gasteiger partial charge in [0.2, 0.25) is 0 Å². The van der Waals surface area contributed by atoms with Crippen LogP contribution in [0.25, 0.3) is 0 Å². The number of hydrogen-bond donors (Lipinski definition) is 2. The Kier molecular flexibility index (Phi) is 4.15. The number of aromatic nitrogens is 2. The van der Waals surface area contributed by atoms with Crippen LogP contribution in [0.15, 0.2) is 41.8 Å². The van der Waals surface area contributed by atoms with Crippen LogP contribution in [-0.4, -0.2) is 28.7 Å². The van der Waals surface area contributed by atoms with E-state index >= 15 is 0 Å². The average molecular weight is 303 g/mol. The first kappa shape index (κ1) is 14.0. The van der Waals surface area contributed by atoms with Gasteiger partial charge in [0.1, 0.15) is 0 Å². The molecular weight excluding hydrogens is 286 g/mol. The molecule has 110 valence electrons. The van der Waals surface area contributed by atoms with Crippen molar-refractivity contribution in [3.8, 4) is 0 Å². The number of carbonyl (C=O) groups is 1. The Morgan fingerprint density at radius 1 is 1.52 bits per heavy atom. The molecule has 1 aromatic carbocycles. The summed E-state index contributed by atoms with van der Waals surface area (Å²) in [6, 6.07) is 8.29. The number of carbonyl (C=O) groups excluding carboxylic acids is 1. The van der Waals surface area contributed by atoms with E-state index in [2.05, 4.69) is 27.4 Å². The van der Waals surface area contributed by atoms with E-state index in [0.717, 1.165) is 11.6 Å². The molecule has 3 rings (SSSR count). The van der Waals surface area contributed by atoms with Crippen molar-refractivity contribution < 1.29 is 9.53 Å². The lowest BCUT2D eigenvalue weighted by Gasteiger charge is -2.20. The third-order valence-electron chi connectivity index (χ3n) is 3.46. The van der Waals surface area contributed by atoms with Gasteiger partial charge in [-0.15, -0.1) is 0 Å². The molecule has 0 saturated carbocycles. The number of benzene rings is 1. The second-order valence-corrected chi connectivity index (χ2v) is 5.94. The van der Waals surface area contributed by atoms with Crippen molar-refractivity contribution in [3.05, 3.63) is 47.8 Å². The van der Waals surface area contributed by atoms with Crippen molar-refractivity contribution in [1.29, 1.82) is 0 Å². The van der Waals surface area contributed by atoms with Gasteiger partial charge in [-0.1, -0.05) is 36.0 Å². The third kappa shape index (κ3) is 3.05. The number of hydrogen-bond acceptors (Lipinski definition) is 4. The van der Waals surface area contributed by atoms with Gasteiger partial charge in [-0.3, -0.25) is 0 Å². The molecule has 1 aliphatic rings. The summed E-state index contributed by atoms with van der Waals surface area (Å²) in [5.41, 5.74) is 2.52. The Labute approximate surface area is 127 Å². The van der Waals surface area contributed by atoms with E-state index in [1.54, 1.807) is 31.1 Å². The zero-order chi connectivity index (χ0) is 14.7. The van der Waals surface area contributed by atoms with Gasteiger partial charge in [0, 0.05) is 12.4 Å². The molecule has 0 aliphatic heterocycles. The van der Waals surface area contributed by atoms with Crippen LogP contribution in [-0.2, 0) is 11.2 Å². The van der Waals surface area contributed by atoms with E-state index in [9.17, 15) is 4.79 Å². The Bertz CT molecular complexity index is 615. The molecule has 2 atom stereocenters. The minimum absolute atomic E-state index is 0.0107. The van der Waals surface area contributed by atoms with E-state index in [0.29, 0.717) is 6.61 Å². The predicted octanol–water partition coefficient (Wildman–Crippen LogP) is 2.91. The topological polar surface area (TPSA) is 67.0 Å². The number of imidazole rings is 1. The fourth-order valence-corrected chi connectivity index (χ4v) is 3.77. The summed E-state index contributed by atoms with van der Waals surface area (Å²) in [6.07, 6.45) is 3.99. The highest BCUT2D eigenvalue weighted by Crippen LogP contribution is 2.43. The summed E-state index contributed by atoms with van der Waals surface area (Å²) < 4.78 is 5.00. The van der Waals surface area contributed by atoms with E-state index in [1.807, 2.05) is 12.1 Å². The molecule has 0 radical (unpaired) electrons. The molecule has 2 aromatic rings. The maximum absolute atomic E-state index is 11.7. The molecule has 2 N–H and O–H groups in total. The third-order valence-corrected chi connectivity index (χ3v) is 4.74. The lowest BCUT2D eigenvalue weighted by atomic mass is 10.1. The molecule has 0 spiro atoms. The van der Waals surface area contributed by atoms with Gasteiger partial charge in [-0.25, -0.2) is 9.78 Å². The van der Waals surface area contributed by atoms with Crippen molar-refractivity contribution in [1.82, 2.24) is 15.3 Å². The minimum atomic E-state index is -0.361. The highest BCUT2D eigenvalue weighted by molar-refractivity contribution is 7.99. The zero-order valence-electron chi connectivity index (χ0n) is 11.7. The van der Waals surface area contributed by atoms with Crippen LogP contribution in [0.2, 0.25) is 0 Å². The summed E-state index contributed by atoms with van der Waals surface area (Å²) in [5.74, 6) is 0. The molecule has 1 amide bonds. The van der Waals surface area contributed by atoms with Gasteiger partial charge in [-0.05, 0) is 24.5 Å². The number of amides is 1. The number of ether oxygens (including phenoxy) is 1. The summed E-state index contributed by atoms with van der Waals surface area (Å²) in [6.45, 7) is 2.18. The molecule has 0 saturated heterocycles. The van der Waals surface area contributed by atoms with Crippen LogP contribution >= 0.6 is 11.8 Å². The smallest absolute Gasteiger partial charge is 0.407 e. The van der Waals surface area contributed by atoms with Crippen molar-refractivity contribution >= 4 is 17.9 Å². The quantitative estimate of drug-likeness (QED) is 0.911. The number of H-pyrrole nitrogens is 1. The summed E-state index contributed by atoms with van der Waals surface area (Å²) >= 11 is 1.63. The fourth-order valence-electron chi connectivity index (χ4n) is 2.59. The van der Waals surface area contributed by atoms with Gasteiger partial charge in [0.15, 0.2) is 5.16 Å². The monoisotopic (exact) mass is 303 g/mol. The first-order chi connectivity index (χ1) is 10.3. The number of nitrogens with zero attached hydrogens (tertiary/aromatic N) is 1. The van der Waals surface area contributed by atoms with Gasteiger partial charge >= 0.3 is 6.09 Å². The molecule has 0 bridgehead atoms. The van der Waals surface area contributed by atoms with Crippen LogP contribution < -0.4 is 5.32 Å². The molecule has 6 heteroatoms. The number of alkyl carbamates (subject to hydrolysis) is 1. The lowest BCUT2D eigenvalue weighted by Crippen LogP contribution is -2.37. The van der Waals surface area contributed by atoms with Gasteiger partial charge in [0.05, 0.1) is 17.9 Å². The minimum Gasteiger partial charge on any atom is -0.450 e. The summed E-state index contributed by atoms with van der Waals surface area (Å²) in [4.78, 5) is 19.1. The second-order valence-electron chi connectivity index (χ2n) is 4.81. The Morgan fingerprint density at radius 2 is 2.38 bits per heavy atom. The van der Waals surface area contributed by atoms with Crippen LogP contribution in [0.4, 0.5) is 4.79 Å². The van der Waals surface area contributed by atoms with E-state index in [1.165, 1.54) is 11.1 Å². The molecule has 1 heterocycles. The van der Waals surface area contributed by atoms with Crippen LogP contribution in [0.1, 0.15) is 23.3 Å². The van der Waals surface area contributed by atoms with Gasteiger partial charge in [0.25, 0.3) is 0 Å². The molecule has 1 aliphatic carbocycles. The Hall–Kier alpha value is -1.95. The molecule has 5 nitrogen and oxygen atoms in total. The number of nitrogens with one attached hydrogen (secondary N) is 2. The molecule has 1 aromatic heterocycles. The van der Waals surface area contributed by atoms with Crippen molar-refractivity contribution in [2.45, 2.75) is 29.8 Å². The number of rotatable bonds is 4. The van der Waals surface area contributed by atoms with Crippen LogP contribution in [0, 0.1) is 0 Å². The van der Waals surface area contributed by atoms with E-state index in [4.69, 9.17) is 4.74 Å². The zero-order valence-corrected chi connectivity index (χ0v) is 12.5. The summed E-state index contributed by atoms with van der Waals surface area (Å²) in [7, 11) is 0. The fraction of sp³-hybridized carbons (Fsp3) is 0.333. The standard InChI is InChI=1S/C15H17N3O2S/c1-2-20-15(19)18-12-9-10-5-3-4-6-11(10)13(12)21-14-16-7-8-17-14/h3-8,12-13H,2,9H2,1H3,(H,16,17)(H,18,19)/t12-,13-/m1/s1. The maximum atomic E-state index is 11.7. The largest absolute Gasteiger partial charge is 0.450 e. The van der Waals surface area contributed by atoms with Gasteiger partial charge < -0.3 is 15.0 Å².